The normalized spacial score (nSPS) is 12.8. The molecule has 8 nitrogen and oxygen atoms in total. The Bertz CT molecular complexity index is 6120. The lowest BCUT2D eigenvalue weighted by Crippen LogP contribution is -2.41. The Morgan fingerprint density at radius 1 is 0.248 bits per heavy atom. The summed E-state index contributed by atoms with van der Waals surface area (Å²) in [5.74, 6) is 3.10. The van der Waals surface area contributed by atoms with Crippen molar-refractivity contribution in [3.63, 3.8) is 0 Å². The third-order valence-electron chi connectivity index (χ3n) is 20.1. The highest BCUT2D eigenvalue weighted by Gasteiger charge is 2.52. The standard InChI is InChI=1S/C45H29N3S.C36H31BO2S.C15H10ClN3.CH4/c1-5-15-30(16-6-1)34-27-35(38-24-14-26-40-39-25-13-23-37(41(39)49-42(38)40)31-17-7-2-8-18-31)29-36(28-34)45-47-43(32-19-9-3-10-20-32)46-44(48-45)33-21-11-4-12-22-33;1-35(2)36(3,4)39-37(38-35)28-22-26(24-13-7-5-8-14-24)21-27(23-28)30-18-12-20-32-31-19-11-17-29(33(31)40-34(30)32)25-15-9-6-10-16-25;16-15-18-13(11-7-3-1-4-8-11)17-14(19-15)12-9-5-2-6-10-12;/h1-29H;5-23H,1-4H3;1-10H;1H4. The molecular formula is C97H74BClN6O2S2. The Kier molecular flexibility index (Phi) is 20.2. The van der Waals surface area contributed by atoms with E-state index in [-0.39, 0.29) is 12.7 Å². The van der Waals surface area contributed by atoms with Crippen molar-refractivity contribution in [2.24, 2.45) is 0 Å². The first-order chi connectivity index (χ1) is 52.9. The van der Waals surface area contributed by atoms with Crippen molar-refractivity contribution >= 4 is 87.2 Å². The molecule has 12 heteroatoms. The van der Waals surface area contributed by atoms with Gasteiger partial charge in [0.2, 0.25) is 5.28 Å². The highest BCUT2D eigenvalue weighted by Crippen LogP contribution is 2.48. The van der Waals surface area contributed by atoms with Gasteiger partial charge >= 0.3 is 7.12 Å². The molecule has 0 N–H and O–H groups in total. The molecule has 18 aromatic rings. The Morgan fingerprint density at radius 2 is 0.486 bits per heavy atom. The summed E-state index contributed by atoms with van der Waals surface area (Å²) in [5.41, 5.74) is 19.2. The van der Waals surface area contributed by atoms with Crippen LogP contribution >= 0.6 is 34.3 Å². The van der Waals surface area contributed by atoms with E-state index in [1.54, 1.807) is 0 Å². The minimum absolute atomic E-state index is 0. The molecule has 19 rings (SSSR count). The minimum atomic E-state index is -0.432. The second-order valence-electron chi connectivity index (χ2n) is 27.7. The number of nitrogens with zero attached hydrogens (tertiary/aromatic N) is 6. The number of rotatable bonds is 12. The molecule has 0 spiro atoms. The number of hydrogen-bond donors (Lipinski definition) is 0. The van der Waals surface area contributed by atoms with Gasteiger partial charge in [-0.1, -0.05) is 335 Å². The summed E-state index contributed by atoms with van der Waals surface area (Å²) in [6.45, 7) is 8.43. The average molecular weight is 1470 g/mol. The van der Waals surface area contributed by atoms with Crippen molar-refractivity contribution in [3.8, 4) is 124 Å². The molecule has 0 unspecified atom stereocenters. The van der Waals surface area contributed by atoms with E-state index in [2.05, 4.69) is 273 Å². The summed E-state index contributed by atoms with van der Waals surface area (Å²) < 4.78 is 18.2. The van der Waals surface area contributed by atoms with Gasteiger partial charge in [0, 0.05) is 68.2 Å². The molecule has 0 saturated carbocycles. The SMILES string of the molecule is C.CC1(C)OB(c2cc(-c3ccccc3)cc(-c3cccc4c3sc3c(-c5ccccc5)cccc34)c2)OC1(C)C.Clc1nc(-c2ccccc2)nc(-c2ccccc2)n1.c1ccc(-c2cc(-c3nc(-c4ccccc4)nc(-c4ccccc4)n3)cc(-c3cccc4c3sc3c(-c5ccccc5)cccc34)c2)cc1. The zero-order valence-corrected chi connectivity index (χ0v) is 62.1. The Morgan fingerprint density at radius 3 is 0.817 bits per heavy atom. The van der Waals surface area contributed by atoms with Gasteiger partial charge in [0.25, 0.3) is 0 Å². The van der Waals surface area contributed by atoms with Crippen molar-refractivity contribution in [1.82, 2.24) is 29.9 Å². The number of thiophene rings is 2. The van der Waals surface area contributed by atoms with Gasteiger partial charge in [-0.05, 0) is 136 Å². The van der Waals surface area contributed by atoms with Crippen LogP contribution in [0, 0.1) is 0 Å². The van der Waals surface area contributed by atoms with E-state index in [1.807, 2.05) is 144 Å². The first kappa shape index (κ1) is 71.1. The van der Waals surface area contributed by atoms with Crippen LogP contribution in [0.3, 0.4) is 0 Å². The molecule has 5 heterocycles. The molecule has 1 aliphatic heterocycles. The maximum Gasteiger partial charge on any atom is 0.494 e. The molecule has 0 bridgehead atoms. The summed E-state index contributed by atoms with van der Waals surface area (Å²) in [6.07, 6.45) is 0. The molecule has 0 aliphatic carbocycles. The number of aromatic nitrogens is 6. The summed E-state index contributed by atoms with van der Waals surface area (Å²) in [4.78, 5) is 27.9. The van der Waals surface area contributed by atoms with Crippen LogP contribution in [0.25, 0.3) is 164 Å². The van der Waals surface area contributed by atoms with Gasteiger partial charge in [0.1, 0.15) is 0 Å². The van der Waals surface area contributed by atoms with Crippen LogP contribution < -0.4 is 5.46 Å². The lowest BCUT2D eigenvalue weighted by atomic mass is 9.76. The fourth-order valence-electron chi connectivity index (χ4n) is 13.9. The van der Waals surface area contributed by atoms with Gasteiger partial charge in [0.15, 0.2) is 29.1 Å². The largest absolute Gasteiger partial charge is 0.494 e. The highest BCUT2D eigenvalue weighted by atomic mass is 35.5. The highest BCUT2D eigenvalue weighted by molar-refractivity contribution is 7.27. The monoisotopic (exact) mass is 1460 g/mol. The third-order valence-corrected chi connectivity index (χ3v) is 22.8. The van der Waals surface area contributed by atoms with Crippen molar-refractivity contribution in [2.75, 3.05) is 0 Å². The predicted molar refractivity (Wildman–Crippen MR) is 459 cm³/mol. The second kappa shape index (κ2) is 31.0. The van der Waals surface area contributed by atoms with Crippen molar-refractivity contribution in [1.29, 1.82) is 0 Å². The summed E-state index contributed by atoms with van der Waals surface area (Å²) in [7, 11) is -0.432. The van der Waals surface area contributed by atoms with Gasteiger partial charge in [-0.2, -0.15) is 9.97 Å². The predicted octanol–water partition coefficient (Wildman–Crippen LogP) is 26.1. The number of fused-ring (bicyclic) bond motifs is 6. The summed E-state index contributed by atoms with van der Waals surface area (Å²) in [6, 6.07) is 122. The minimum Gasteiger partial charge on any atom is -0.399 e. The molecule has 526 valence electrons. The molecule has 1 saturated heterocycles. The van der Waals surface area contributed by atoms with Crippen molar-refractivity contribution in [2.45, 2.75) is 46.3 Å². The molecule has 109 heavy (non-hydrogen) atoms. The van der Waals surface area contributed by atoms with E-state index >= 15 is 0 Å². The molecule has 0 amide bonds. The maximum atomic E-state index is 6.51. The molecule has 14 aromatic carbocycles. The Hall–Kier alpha value is -12.2. The van der Waals surface area contributed by atoms with Crippen LogP contribution in [-0.2, 0) is 9.31 Å². The van der Waals surface area contributed by atoms with E-state index in [9.17, 15) is 0 Å². The fraction of sp³-hybridized carbons (Fsp3) is 0.0722. The lowest BCUT2D eigenvalue weighted by Gasteiger charge is -2.32. The van der Waals surface area contributed by atoms with Gasteiger partial charge in [-0.25, -0.2) is 19.9 Å². The van der Waals surface area contributed by atoms with Gasteiger partial charge in [0.05, 0.1) is 11.2 Å². The average Bonchev–Trinajstić information content (AvgIpc) is 1.62. The van der Waals surface area contributed by atoms with Crippen LogP contribution in [-0.4, -0.2) is 48.2 Å². The zero-order valence-electron chi connectivity index (χ0n) is 59.8. The van der Waals surface area contributed by atoms with Crippen LogP contribution in [0.2, 0.25) is 5.28 Å². The second-order valence-corrected chi connectivity index (χ2v) is 30.0. The topological polar surface area (TPSA) is 95.8 Å². The quantitative estimate of drug-likeness (QED) is 0.112. The van der Waals surface area contributed by atoms with Gasteiger partial charge in [-0.15, -0.1) is 22.7 Å². The summed E-state index contributed by atoms with van der Waals surface area (Å²) >= 11 is 9.74. The molecule has 4 aromatic heterocycles. The number of halogens is 1. The van der Waals surface area contributed by atoms with E-state index < -0.39 is 18.3 Å². The molecule has 0 atom stereocenters. The fourth-order valence-corrected chi connectivity index (χ4v) is 16.8. The van der Waals surface area contributed by atoms with Crippen LogP contribution in [0.15, 0.2) is 352 Å². The van der Waals surface area contributed by atoms with E-state index in [0.29, 0.717) is 29.1 Å². The van der Waals surface area contributed by atoms with Crippen LogP contribution in [0.4, 0.5) is 0 Å². The first-order valence-electron chi connectivity index (χ1n) is 36.1. The van der Waals surface area contributed by atoms with E-state index in [4.69, 9.17) is 35.9 Å². The molecule has 1 aliphatic rings. The molecule has 0 radical (unpaired) electrons. The van der Waals surface area contributed by atoms with Crippen LogP contribution in [0.1, 0.15) is 35.1 Å². The number of benzene rings is 14. The van der Waals surface area contributed by atoms with Gasteiger partial charge in [-0.3, -0.25) is 0 Å². The molecule has 1 fully saturated rings. The summed E-state index contributed by atoms with van der Waals surface area (Å²) in [5, 5.41) is 5.33. The zero-order chi connectivity index (χ0) is 73.1. The van der Waals surface area contributed by atoms with Crippen LogP contribution in [0.5, 0.6) is 0 Å². The first-order valence-corrected chi connectivity index (χ1v) is 38.1. The van der Waals surface area contributed by atoms with Crippen molar-refractivity contribution < 1.29 is 9.31 Å². The van der Waals surface area contributed by atoms with E-state index in [0.717, 1.165) is 55.5 Å². The third kappa shape index (κ3) is 14.8. The smallest absolute Gasteiger partial charge is 0.399 e. The lowest BCUT2D eigenvalue weighted by molar-refractivity contribution is 0.00578. The maximum absolute atomic E-state index is 6.51. The Labute approximate surface area is 648 Å². The Balaban J connectivity index is 0.000000135. The number of hydrogen-bond acceptors (Lipinski definition) is 10. The van der Waals surface area contributed by atoms with Gasteiger partial charge < -0.3 is 9.31 Å². The molecular weight excluding hydrogens is 1390 g/mol. The van der Waals surface area contributed by atoms with Crippen molar-refractivity contribution in [3.05, 3.63) is 357 Å². The van der Waals surface area contributed by atoms with E-state index in [1.165, 1.54) is 84.9 Å².